The number of esters is 3. The first-order valence-electron chi connectivity index (χ1n) is 27.4. The molecule has 0 amide bonds. The SMILES string of the molecule is CC/C=C\C/C=C\C/C=C\C/C=C\C/C=C\C/C=C\CCC(=O)OCC(COP(=O)(O)OCC(CO)OC(=O)CCCCCCC/C=C\CCCC)OC(=O)CCCCCCC/C=C\C/C=C\C/C=C\CC. The molecule has 0 aromatic rings. The minimum absolute atomic E-state index is 0.0907. The fourth-order valence-corrected chi connectivity index (χ4v) is 7.51. The van der Waals surface area contributed by atoms with Gasteiger partial charge in [-0.3, -0.25) is 23.4 Å². The Bertz CT molecular complexity index is 1670. The molecule has 11 nitrogen and oxygen atoms in total. The van der Waals surface area contributed by atoms with Crippen molar-refractivity contribution in [3.63, 3.8) is 0 Å². The fraction of sp³-hybridized carbons (Fsp3) is 0.617. The molecule has 12 heteroatoms. The lowest BCUT2D eigenvalue weighted by Gasteiger charge is -2.21. The zero-order valence-corrected chi connectivity index (χ0v) is 45.7. The summed E-state index contributed by atoms with van der Waals surface area (Å²) in [6, 6.07) is 0. The van der Waals surface area contributed by atoms with Gasteiger partial charge < -0.3 is 24.2 Å². The molecule has 72 heavy (non-hydrogen) atoms. The summed E-state index contributed by atoms with van der Waals surface area (Å²) in [5, 5.41) is 9.78. The third-order valence-corrected chi connectivity index (χ3v) is 11.8. The first-order valence-corrected chi connectivity index (χ1v) is 28.9. The molecular weight excluding hydrogens is 928 g/mol. The molecule has 408 valence electrons. The number of phosphoric ester groups is 1. The number of carbonyl (C=O) groups excluding carboxylic acids is 3. The number of carbonyl (C=O) groups is 3. The molecule has 0 saturated heterocycles. The highest BCUT2D eigenvalue weighted by atomic mass is 31.2. The van der Waals surface area contributed by atoms with Crippen LogP contribution in [0.1, 0.15) is 201 Å². The van der Waals surface area contributed by atoms with Crippen LogP contribution in [0.2, 0.25) is 0 Å². The highest BCUT2D eigenvalue weighted by Gasteiger charge is 2.28. The van der Waals surface area contributed by atoms with E-state index in [0.717, 1.165) is 128 Å². The van der Waals surface area contributed by atoms with Gasteiger partial charge in [-0.1, -0.05) is 194 Å². The van der Waals surface area contributed by atoms with Crippen LogP contribution in [0.15, 0.2) is 122 Å². The highest BCUT2D eigenvalue weighted by Crippen LogP contribution is 2.43. The normalized spacial score (nSPS) is 14.3. The number of phosphoric acid groups is 1. The molecule has 0 saturated carbocycles. The molecule has 0 aliphatic heterocycles. The smallest absolute Gasteiger partial charge is 0.462 e. The molecule has 0 aromatic carbocycles. The van der Waals surface area contributed by atoms with Gasteiger partial charge in [-0.05, 0) is 109 Å². The van der Waals surface area contributed by atoms with Gasteiger partial charge in [-0.2, -0.15) is 0 Å². The van der Waals surface area contributed by atoms with Gasteiger partial charge in [0.25, 0.3) is 0 Å². The third-order valence-electron chi connectivity index (χ3n) is 10.9. The second-order valence-corrected chi connectivity index (χ2v) is 19.1. The lowest BCUT2D eigenvalue weighted by atomic mass is 10.1. The second kappa shape index (κ2) is 53.2. The van der Waals surface area contributed by atoms with Crippen molar-refractivity contribution >= 4 is 25.7 Å². The number of unbranched alkanes of at least 4 members (excludes halogenated alkanes) is 12. The van der Waals surface area contributed by atoms with Crippen molar-refractivity contribution in [2.75, 3.05) is 26.4 Å². The molecule has 0 aromatic heterocycles. The second-order valence-electron chi connectivity index (χ2n) is 17.6. The fourth-order valence-electron chi connectivity index (χ4n) is 6.73. The van der Waals surface area contributed by atoms with Crippen LogP contribution in [-0.4, -0.2) is 66.5 Å². The van der Waals surface area contributed by atoms with Gasteiger partial charge >= 0.3 is 25.7 Å². The van der Waals surface area contributed by atoms with Crippen molar-refractivity contribution in [1.82, 2.24) is 0 Å². The predicted octanol–water partition coefficient (Wildman–Crippen LogP) is 16.0. The van der Waals surface area contributed by atoms with Gasteiger partial charge in [-0.25, -0.2) is 4.57 Å². The minimum Gasteiger partial charge on any atom is -0.462 e. The predicted molar refractivity (Wildman–Crippen MR) is 297 cm³/mol. The van der Waals surface area contributed by atoms with Gasteiger partial charge in [0.15, 0.2) is 6.10 Å². The van der Waals surface area contributed by atoms with E-state index in [2.05, 4.69) is 130 Å². The summed E-state index contributed by atoms with van der Waals surface area (Å²) in [6.45, 7) is 4.23. The number of allylic oxidation sites excluding steroid dienone is 20. The number of aliphatic hydroxyl groups is 1. The Kier molecular flexibility index (Phi) is 50.1. The maximum atomic E-state index is 12.9. The van der Waals surface area contributed by atoms with Crippen LogP contribution in [0, 0.1) is 0 Å². The van der Waals surface area contributed by atoms with Gasteiger partial charge in [0.1, 0.15) is 12.7 Å². The van der Waals surface area contributed by atoms with E-state index in [1.807, 2.05) is 12.2 Å². The number of ether oxygens (including phenoxy) is 3. The van der Waals surface area contributed by atoms with Crippen LogP contribution in [0.5, 0.6) is 0 Å². The molecule has 0 spiro atoms. The van der Waals surface area contributed by atoms with Crippen LogP contribution in [-0.2, 0) is 42.2 Å². The van der Waals surface area contributed by atoms with Gasteiger partial charge in [0, 0.05) is 19.3 Å². The number of hydrogen-bond donors (Lipinski definition) is 2. The lowest BCUT2D eigenvalue weighted by molar-refractivity contribution is -0.161. The topological polar surface area (TPSA) is 155 Å². The van der Waals surface area contributed by atoms with Crippen molar-refractivity contribution in [3.05, 3.63) is 122 Å². The van der Waals surface area contributed by atoms with Gasteiger partial charge in [0.05, 0.1) is 19.8 Å². The minimum atomic E-state index is -4.77. The summed E-state index contributed by atoms with van der Waals surface area (Å²) in [6.07, 6.45) is 64.7. The molecule has 0 radical (unpaired) electrons. The quantitative estimate of drug-likeness (QED) is 0.0197. The van der Waals surface area contributed by atoms with E-state index < -0.39 is 57.8 Å². The Morgan fingerprint density at radius 1 is 0.403 bits per heavy atom. The third kappa shape index (κ3) is 50.8. The van der Waals surface area contributed by atoms with E-state index in [1.54, 1.807) is 0 Å². The summed E-state index contributed by atoms with van der Waals surface area (Å²) in [5.41, 5.74) is 0. The highest BCUT2D eigenvalue weighted by molar-refractivity contribution is 7.47. The van der Waals surface area contributed by atoms with E-state index in [1.165, 1.54) is 12.8 Å². The monoisotopic (exact) mass is 1020 g/mol. The van der Waals surface area contributed by atoms with Crippen LogP contribution < -0.4 is 0 Å². The van der Waals surface area contributed by atoms with Gasteiger partial charge in [-0.15, -0.1) is 0 Å². The average Bonchev–Trinajstić information content (AvgIpc) is 3.37. The standard InChI is InChI=1S/C60H97O11P/c1-4-7-10-13-16-19-22-24-26-27-28-29-31-32-35-37-40-43-46-49-58(62)67-53-57(71-60(64)51-48-45-42-39-36-33-30-25-23-20-17-14-11-8-5-2)55-69-72(65,66)68-54-56(52-61)70-59(63)50-47-44-41-38-34-21-18-15-12-9-6-3/h7-8,10-11,15-20,24-26,28-30,32,35,40,43,56-57,61H,4-6,9,12-14,21-23,27,31,33-34,36-39,41-42,44-55H2,1-3H3,(H,65,66)/b10-7-,11-8-,18-15-,19-16-,20-17-,26-24-,29-28-,30-25-,35-32-,43-40-. The molecule has 0 aliphatic rings. The first-order chi connectivity index (χ1) is 35.2. The summed E-state index contributed by atoms with van der Waals surface area (Å²) in [4.78, 5) is 48.4. The molecule has 0 rings (SSSR count). The Morgan fingerprint density at radius 2 is 0.750 bits per heavy atom. The van der Waals surface area contributed by atoms with Crippen LogP contribution >= 0.6 is 7.82 Å². The van der Waals surface area contributed by atoms with Crippen LogP contribution in [0.25, 0.3) is 0 Å². The Hall–Kier alpha value is -4.12. The molecule has 0 aliphatic carbocycles. The molecule has 0 fully saturated rings. The summed E-state index contributed by atoms with van der Waals surface area (Å²) < 4.78 is 39.3. The molecule has 0 bridgehead atoms. The maximum absolute atomic E-state index is 12.9. The zero-order valence-electron chi connectivity index (χ0n) is 44.8. The Labute approximate surface area is 437 Å². The van der Waals surface area contributed by atoms with Crippen molar-refractivity contribution in [3.8, 4) is 0 Å². The summed E-state index contributed by atoms with van der Waals surface area (Å²) in [5.74, 6) is -1.61. The van der Waals surface area contributed by atoms with Gasteiger partial charge in [0.2, 0.25) is 0 Å². The summed E-state index contributed by atoms with van der Waals surface area (Å²) in [7, 11) is -4.77. The lowest BCUT2D eigenvalue weighted by Crippen LogP contribution is -2.30. The number of hydrogen-bond acceptors (Lipinski definition) is 10. The van der Waals surface area contributed by atoms with Crippen LogP contribution in [0.4, 0.5) is 0 Å². The van der Waals surface area contributed by atoms with E-state index in [-0.39, 0.29) is 25.9 Å². The van der Waals surface area contributed by atoms with E-state index in [9.17, 15) is 28.9 Å². The molecular formula is C60H97O11P. The number of aliphatic hydroxyl groups excluding tert-OH is 1. The van der Waals surface area contributed by atoms with E-state index in [0.29, 0.717) is 19.3 Å². The molecule has 3 atom stereocenters. The number of rotatable bonds is 49. The van der Waals surface area contributed by atoms with Crippen molar-refractivity contribution in [2.45, 2.75) is 213 Å². The summed E-state index contributed by atoms with van der Waals surface area (Å²) >= 11 is 0. The van der Waals surface area contributed by atoms with Crippen molar-refractivity contribution < 1.29 is 52.2 Å². The molecule has 3 unspecified atom stereocenters. The molecule has 2 N–H and O–H groups in total. The Morgan fingerprint density at radius 3 is 1.18 bits per heavy atom. The zero-order chi connectivity index (χ0) is 52.7. The Balaban J connectivity index is 4.89. The van der Waals surface area contributed by atoms with Crippen LogP contribution in [0.3, 0.4) is 0 Å². The largest absolute Gasteiger partial charge is 0.472 e. The maximum Gasteiger partial charge on any atom is 0.472 e. The van der Waals surface area contributed by atoms with Crippen molar-refractivity contribution in [1.29, 1.82) is 0 Å². The molecule has 0 heterocycles. The first kappa shape index (κ1) is 67.9. The van der Waals surface area contributed by atoms with E-state index in [4.69, 9.17) is 23.3 Å². The average molecular weight is 1030 g/mol. The van der Waals surface area contributed by atoms with Crippen molar-refractivity contribution in [2.24, 2.45) is 0 Å². The van der Waals surface area contributed by atoms with E-state index >= 15 is 0 Å².